The van der Waals surface area contributed by atoms with Gasteiger partial charge in [0.05, 0.1) is 5.02 Å². The zero-order chi connectivity index (χ0) is 20.8. The van der Waals surface area contributed by atoms with E-state index in [1.54, 1.807) is 26.0 Å². The van der Waals surface area contributed by atoms with Crippen LogP contribution in [-0.4, -0.2) is 24.5 Å². The first-order valence-corrected chi connectivity index (χ1v) is 8.98. The number of hydrogen-bond acceptors (Lipinski definition) is 3. The molecule has 2 aromatic rings. The minimum Gasteiger partial charge on any atom is -0.433 e. The van der Waals surface area contributed by atoms with Gasteiger partial charge in [-0.3, -0.25) is 9.59 Å². The van der Waals surface area contributed by atoms with Gasteiger partial charge in [-0.05, 0) is 42.7 Å². The summed E-state index contributed by atoms with van der Waals surface area (Å²) in [5.74, 6) is -1.19. The number of halogens is 3. The highest BCUT2D eigenvalue weighted by Gasteiger charge is 2.25. The predicted molar refractivity (Wildman–Crippen MR) is 104 cm³/mol. The van der Waals surface area contributed by atoms with Crippen LogP contribution in [0.25, 0.3) is 0 Å². The fourth-order valence-electron chi connectivity index (χ4n) is 2.57. The molecule has 28 heavy (non-hydrogen) atoms. The third-order valence-corrected chi connectivity index (χ3v) is 4.34. The number of nitrogens with one attached hydrogen (secondary N) is 2. The molecule has 2 amide bonds. The first-order valence-electron chi connectivity index (χ1n) is 8.60. The topological polar surface area (TPSA) is 67.4 Å². The van der Waals surface area contributed by atoms with Crippen LogP contribution in [0, 0.1) is 12.8 Å². The summed E-state index contributed by atoms with van der Waals surface area (Å²) in [6, 6.07) is 10.2. The van der Waals surface area contributed by atoms with Gasteiger partial charge in [0.25, 0.3) is 5.91 Å². The molecule has 0 saturated carbocycles. The second-order valence-corrected chi connectivity index (χ2v) is 6.93. The van der Waals surface area contributed by atoms with Gasteiger partial charge in [0.15, 0.2) is 0 Å². The Kier molecular flexibility index (Phi) is 7.34. The Morgan fingerprint density at radius 1 is 1.11 bits per heavy atom. The maximum absolute atomic E-state index is 12.7. The van der Waals surface area contributed by atoms with Crippen molar-refractivity contribution in [3.8, 4) is 5.75 Å². The molecule has 0 aromatic heterocycles. The van der Waals surface area contributed by atoms with Crippen molar-refractivity contribution in [1.82, 2.24) is 5.32 Å². The molecule has 0 radical (unpaired) electrons. The average Bonchev–Trinajstić information content (AvgIpc) is 2.61. The van der Waals surface area contributed by atoms with Gasteiger partial charge >= 0.3 is 6.61 Å². The smallest absolute Gasteiger partial charge is 0.387 e. The number of hydrogen-bond donors (Lipinski definition) is 2. The molecule has 0 spiro atoms. The fourth-order valence-corrected chi connectivity index (χ4v) is 2.80. The van der Waals surface area contributed by atoms with E-state index in [0.717, 1.165) is 5.56 Å². The summed E-state index contributed by atoms with van der Waals surface area (Å²) < 4.78 is 28.9. The summed E-state index contributed by atoms with van der Waals surface area (Å²) in [5.41, 5.74) is 1.58. The lowest BCUT2D eigenvalue weighted by Crippen LogP contribution is -2.47. The van der Waals surface area contributed by atoms with Crippen molar-refractivity contribution in [2.45, 2.75) is 33.4 Å². The van der Waals surface area contributed by atoms with Crippen LogP contribution in [-0.2, 0) is 4.79 Å². The number of anilines is 1. The first-order chi connectivity index (χ1) is 13.2. The molecule has 0 aliphatic carbocycles. The van der Waals surface area contributed by atoms with Gasteiger partial charge in [-0.25, -0.2) is 0 Å². The van der Waals surface area contributed by atoms with Gasteiger partial charge < -0.3 is 15.4 Å². The number of carbonyl (C=O) groups is 2. The standard InChI is InChI=1S/C20H21ClF2N2O3/c1-11(2)17(25-18(26)14-7-5-4-6-12(14)3)19(27)24-13-8-9-16(15(21)10-13)28-20(22)23/h4-11,17,20H,1-3H3,(H,24,27)(H,25,26). The lowest BCUT2D eigenvalue weighted by molar-refractivity contribution is -0.118. The number of benzene rings is 2. The number of ether oxygens (including phenoxy) is 1. The largest absolute Gasteiger partial charge is 0.433 e. The van der Waals surface area contributed by atoms with Crippen molar-refractivity contribution < 1.29 is 23.1 Å². The molecule has 0 aliphatic rings. The van der Waals surface area contributed by atoms with Gasteiger partial charge in [-0.15, -0.1) is 0 Å². The van der Waals surface area contributed by atoms with Crippen LogP contribution in [0.2, 0.25) is 5.02 Å². The van der Waals surface area contributed by atoms with Crippen LogP contribution in [0.1, 0.15) is 29.8 Å². The summed E-state index contributed by atoms with van der Waals surface area (Å²) in [6.07, 6.45) is 0. The van der Waals surface area contributed by atoms with Crippen molar-refractivity contribution in [1.29, 1.82) is 0 Å². The number of rotatable bonds is 7. The number of alkyl halides is 2. The maximum atomic E-state index is 12.7. The highest BCUT2D eigenvalue weighted by molar-refractivity contribution is 6.32. The van der Waals surface area contributed by atoms with Gasteiger partial charge in [0.1, 0.15) is 11.8 Å². The van der Waals surface area contributed by atoms with E-state index in [2.05, 4.69) is 15.4 Å². The molecule has 0 aliphatic heterocycles. The zero-order valence-corrected chi connectivity index (χ0v) is 16.4. The summed E-state index contributed by atoms with van der Waals surface area (Å²) in [7, 11) is 0. The quantitative estimate of drug-likeness (QED) is 0.698. The Morgan fingerprint density at radius 2 is 1.79 bits per heavy atom. The van der Waals surface area contributed by atoms with E-state index < -0.39 is 18.6 Å². The van der Waals surface area contributed by atoms with E-state index >= 15 is 0 Å². The molecule has 0 fully saturated rings. The Hall–Kier alpha value is -2.67. The molecular weight excluding hydrogens is 390 g/mol. The first kappa shape index (κ1) is 21.6. The Morgan fingerprint density at radius 3 is 2.36 bits per heavy atom. The summed E-state index contributed by atoms with van der Waals surface area (Å²) >= 11 is 5.90. The number of aryl methyl sites for hydroxylation is 1. The molecule has 1 atom stereocenters. The average molecular weight is 411 g/mol. The minimum absolute atomic E-state index is 0.0665. The zero-order valence-electron chi connectivity index (χ0n) is 15.6. The lowest BCUT2D eigenvalue weighted by Gasteiger charge is -2.22. The van der Waals surface area contributed by atoms with Crippen LogP contribution in [0.4, 0.5) is 14.5 Å². The Bertz CT molecular complexity index is 859. The van der Waals surface area contributed by atoms with Crippen molar-refractivity contribution in [2.24, 2.45) is 5.92 Å². The highest BCUT2D eigenvalue weighted by Crippen LogP contribution is 2.29. The van der Waals surface area contributed by atoms with Crippen molar-refractivity contribution in [3.05, 3.63) is 58.6 Å². The van der Waals surface area contributed by atoms with Crippen molar-refractivity contribution in [3.63, 3.8) is 0 Å². The normalized spacial score (nSPS) is 12.0. The van der Waals surface area contributed by atoms with Gasteiger partial charge in [0, 0.05) is 11.3 Å². The molecular formula is C20H21ClF2N2O3. The molecule has 8 heteroatoms. The van der Waals surface area contributed by atoms with E-state index in [1.165, 1.54) is 18.2 Å². The second-order valence-electron chi connectivity index (χ2n) is 6.52. The van der Waals surface area contributed by atoms with Crippen molar-refractivity contribution >= 4 is 29.1 Å². The summed E-state index contributed by atoms with van der Waals surface area (Å²) in [4.78, 5) is 25.2. The fraction of sp³-hybridized carbons (Fsp3) is 0.300. The third-order valence-electron chi connectivity index (χ3n) is 4.04. The van der Waals surface area contributed by atoms with Crippen LogP contribution < -0.4 is 15.4 Å². The molecule has 2 N–H and O–H groups in total. The van der Waals surface area contributed by atoms with Crippen LogP contribution in [0.15, 0.2) is 42.5 Å². The second kappa shape index (κ2) is 9.50. The Labute approximate surface area is 167 Å². The van der Waals surface area contributed by atoms with E-state index in [4.69, 9.17) is 11.6 Å². The summed E-state index contributed by atoms with van der Waals surface area (Å²) in [6.45, 7) is 2.41. The van der Waals surface area contributed by atoms with Gasteiger partial charge in [0.2, 0.25) is 5.91 Å². The molecule has 0 bridgehead atoms. The lowest BCUT2D eigenvalue weighted by atomic mass is 10.0. The molecule has 2 aromatic carbocycles. The van der Waals surface area contributed by atoms with E-state index in [-0.39, 0.29) is 22.6 Å². The van der Waals surface area contributed by atoms with Crippen LogP contribution in [0.5, 0.6) is 5.75 Å². The van der Waals surface area contributed by atoms with E-state index in [1.807, 2.05) is 19.1 Å². The highest BCUT2D eigenvalue weighted by atomic mass is 35.5. The van der Waals surface area contributed by atoms with E-state index in [9.17, 15) is 18.4 Å². The van der Waals surface area contributed by atoms with Crippen LogP contribution in [0.3, 0.4) is 0 Å². The van der Waals surface area contributed by atoms with Gasteiger partial charge in [-0.1, -0.05) is 43.6 Å². The number of amides is 2. The molecule has 5 nitrogen and oxygen atoms in total. The molecule has 0 saturated heterocycles. The third kappa shape index (κ3) is 5.66. The monoisotopic (exact) mass is 410 g/mol. The van der Waals surface area contributed by atoms with Gasteiger partial charge in [-0.2, -0.15) is 8.78 Å². The molecule has 0 heterocycles. The van der Waals surface area contributed by atoms with Crippen LogP contribution >= 0.6 is 11.6 Å². The maximum Gasteiger partial charge on any atom is 0.387 e. The van der Waals surface area contributed by atoms with Crippen molar-refractivity contribution in [2.75, 3.05) is 5.32 Å². The minimum atomic E-state index is -3.00. The summed E-state index contributed by atoms with van der Waals surface area (Å²) in [5, 5.41) is 5.31. The predicted octanol–water partition coefficient (Wildman–Crippen LogP) is 4.64. The molecule has 1 unspecified atom stereocenters. The molecule has 150 valence electrons. The SMILES string of the molecule is Cc1ccccc1C(=O)NC(C(=O)Nc1ccc(OC(F)F)c(Cl)c1)C(C)C. The Balaban J connectivity index is 2.12. The molecule has 2 rings (SSSR count). The number of carbonyl (C=O) groups excluding carboxylic acids is 2. The van der Waals surface area contributed by atoms with E-state index in [0.29, 0.717) is 11.3 Å².